The topological polar surface area (TPSA) is 0 Å². The molecule has 12 heavy (non-hydrogen) atoms. The molecule has 0 spiro atoms. The third-order valence-corrected chi connectivity index (χ3v) is 2.31. The average Bonchev–Trinajstić information content (AvgIpc) is 2.09. The third-order valence-electron chi connectivity index (χ3n) is 1.77. The molecule has 0 aromatic rings. The lowest BCUT2D eigenvalue weighted by Gasteiger charge is -2.02. The molecule has 0 saturated heterocycles. The zero-order valence-electron chi connectivity index (χ0n) is 7.73. The minimum absolute atomic E-state index is 0.181. The lowest BCUT2D eigenvalue weighted by atomic mass is 10.1. The van der Waals surface area contributed by atoms with Gasteiger partial charge in [0, 0.05) is 5.88 Å². The number of rotatable bonds is 7. The van der Waals surface area contributed by atoms with Crippen molar-refractivity contribution in [1.29, 1.82) is 0 Å². The number of hydrogen-bond acceptors (Lipinski definition) is 0. The predicted octanol–water partition coefficient (Wildman–Crippen LogP) is 4.36. The molecule has 0 rings (SSSR count). The number of hydrogen-bond donors (Lipinski definition) is 0. The Kier molecular flexibility index (Phi) is 9.66. The summed E-state index contributed by atoms with van der Waals surface area (Å²) in [5, 5.41) is 0.181. The second-order valence-electron chi connectivity index (χ2n) is 2.95. The van der Waals surface area contributed by atoms with Gasteiger partial charge in [0.2, 0.25) is 0 Å². The van der Waals surface area contributed by atoms with Crippen molar-refractivity contribution in [3.63, 3.8) is 0 Å². The molecule has 0 saturated carbocycles. The highest BCUT2D eigenvalue weighted by molar-refractivity contribution is 6.22. The Labute approximate surface area is 85.9 Å². The van der Waals surface area contributed by atoms with Crippen molar-refractivity contribution in [3.8, 4) is 0 Å². The van der Waals surface area contributed by atoms with Crippen molar-refractivity contribution >= 4 is 23.2 Å². The van der Waals surface area contributed by atoms with E-state index in [0.717, 1.165) is 6.42 Å². The van der Waals surface area contributed by atoms with Crippen molar-refractivity contribution in [1.82, 2.24) is 0 Å². The summed E-state index contributed by atoms with van der Waals surface area (Å²) in [7, 11) is 0. The highest BCUT2D eigenvalue weighted by Crippen LogP contribution is 2.11. The standard InChI is InChI=1S/C10H18Cl2/c1-2-3-4-5-7-10(12)8-6-9-11/h6,8,10H,2-5,7,9H2,1H3/b8-6+. The third kappa shape index (κ3) is 8.42. The van der Waals surface area contributed by atoms with Gasteiger partial charge in [0.25, 0.3) is 0 Å². The second-order valence-corrected chi connectivity index (χ2v) is 3.82. The molecular formula is C10H18Cl2. The van der Waals surface area contributed by atoms with Gasteiger partial charge in [0.1, 0.15) is 0 Å². The predicted molar refractivity (Wildman–Crippen MR) is 58.3 cm³/mol. The van der Waals surface area contributed by atoms with Crippen LogP contribution in [0.5, 0.6) is 0 Å². The summed E-state index contributed by atoms with van der Waals surface area (Å²) in [6.07, 6.45) is 10.1. The van der Waals surface area contributed by atoms with Crippen LogP contribution < -0.4 is 0 Å². The molecule has 0 radical (unpaired) electrons. The Morgan fingerprint density at radius 2 is 2.00 bits per heavy atom. The van der Waals surface area contributed by atoms with E-state index in [1.165, 1.54) is 25.7 Å². The van der Waals surface area contributed by atoms with E-state index in [9.17, 15) is 0 Å². The van der Waals surface area contributed by atoms with Gasteiger partial charge in [-0.05, 0) is 6.42 Å². The van der Waals surface area contributed by atoms with E-state index in [-0.39, 0.29) is 5.38 Å². The second kappa shape index (κ2) is 9.41. The van der Waals surface area contributed by atoms with Gasteiger partial charge in [-0.3, -0.25) is 0 Å². The summed E-state index contributed by atoms with van der Waals surface area (Å²) in [6, 6.07) is 0. The fourth-order valence-corrected chi connectivity index (χ4v) is 1.42. The minimum atomic E-state index is 0.181. The quantitative estimate of drug-likeness (QED) is 0.332. The van der Waals surface area contributed by atoms with Crippen molar-refractivity contribution in [3.05, 3.63) is 12.2 Å². The van der Waals surface area contributed by atoms with Crippen molar-refractivity contribution in [2.75, 3.05) is 5.88 Å². The van der Waals surface area contributed by atoms with Crippen LogP contribution in [-0.2, 0) is 0 Å². The van der Waals surface area contributed by atoms with Crippen LogP contribution >= 0.6 is 23.2 Å². The van der Waals surface area contributed by atoms with Crippen LogP contribution in [-0.4, -0.2) is 11.3 Å². The van der Waals surface area contributed by atoms with Crippen LogP contribution in [0.3, 0.4) is 0 Å². The van der Waals surface area contributed by atoms with Crippen LogP contribution in [0.4, 0.5) is 0 Å². The first kappa shape index (κ1) is 12.3. The Morgan fingerprint density at radius 3 is 2.58 bits per heavy atom. The largest absolute Gasteiger partial charge is 0.122 e. The number of allylic oxidation sites excluding steroid dienone is 2. The van der Waals surface area contributed by atoms with E-state index in [4.69, 9.17) is 23.2 Å². The van der Waals surface area contributed by atoms with Gasteiger partial charge in [0.05, 0.1) is 5.38 Å². The SMILES string of the molecule is CCCCCCC(Cl)/C=C/CCl. The van der Waals surface area contributed by atoms with E-state index in [1.807, 2.05) is 12.2 Å². The summed E-state index contributed by atoms with van der Waals surface area (Å²) in [4.78, 5) is 0. The Morgan fingerprint density at radius 1 is 1.25 bits per heavy atom. The van der Waals surface area contributed by atoms with E-state index in [1.54, 1.807) is 0 Å². The lowest BCUT2D eigenvalue weighted by molar-refractivity contribution is 0.640. The van der Waals surface area contributed by atoms with Crippen LogP contribution in [0.25, 0.3) is 0 Å². The Hall–Kier alpha value is 0.320. The van der Waals surface area contributed by atoms with E-state index < -0.39 is 0 Å². The Balaban J connectivity index is 3.19. The zero-order chi connectivity index (χ0) is 9.23. The molecule has 1 atom stereocenters. The summed E-state index contributed by atoms with van der Waals surface area (Å²) >= 11 is 11.5. The smallest absolute Gasteiger partial charge is 0.0516 e. The highest BCUT2D eigenvalue weighted by atomic mass is 35.5. The fraction of sp³-hybridized carbons (Fsp3) is 0.800. The van der Waals surface area contributed by atoms with Gasteiger partial charge in [0.15, 0.2) is 0 Å². The summed E-state index contributed by atoms with van der Waals surface area (Å²) < 4.78 is 0. The van der Waals surface area contributed by atoms with E-state index in [0.29, 0.717) is 5.88 Å². The summed E-state index contributed by atoms with van der Waals surface area (Å²) in [6.45, 7) is 2.21. The van der Waals surface area contributed by atoms with Crippen LogP contribution in [0.2, 0.25) is 0 Å². The average molecular weight is 209 g/mol. The van der Waals surface area contributed by atoms with Gasteiger partial charge >= 0.3 is 0 Å². The first-order chi connectivity index (χ1) is 5.81. The molecule has 1 unspecified atom stereocenters. The van der Waals surface area contributed by atoms with E-state index in [2.05, 4.69) is 6.92 Å². The first-order valence-electron chi connectivity index (χ1n) is 4.68. The van der Waals surface area contributed by atoms with Gasteiger partial charge < -0.3 is 0 Å². The summed E-state index contributed by atoms with van der Waals surface area (Å²) in [5.74, 6) is 0.568. The van der Waals surface area contributed by atoms with E-state index >= 15 is 0 Å². The Bertz CT molecular complexity index is 110. The molecule has 0 bridgehead atoms. The van der Waals surface area contributed by atoms with Crippen molar-refractivity contribution in [2.24, 2.45) is 0 Å². The van der Waals surface area contributed by atoms with Crippen molar-refractivity contribution < 1.29 is 0 Å². The normalized spacial score (nSPS) is 13.9. The summed E-state index contributed by atoms with van der Waals surface area (Å²) in [5.41, 5.74) is 0. The molecule has 0 fully saturated rings. The van der Waals surface area contributed by atoms with Crippen LogP contribution in [0, 0.1) is 0 Å². The maximum atomic E-state index is 5.99. The maximum absolute atomic E-state index is 5.99. The highest BCUT2D eigenvalue weighted by Gasteiger charge is 1.97. The number of unbranched alkanes of at least 4 members (excludes halogenated alkanes) is 3. The molecular weight excluding hydrogens is 191 g/mol. The van der Waals surface area contributed by atoms with Crippen LogP contribution in [0.1, 0.15) is 39.0 Å². The zero-order valence-corrected chi connectivity index (χ0v) is 9.24. The molecule has 0 aliphatic carbocycles. The minimum Gasteiger partial charge on any atom is -0.122 e. The molecule has 0 aromatic heterocycles. The maximum Gasteiger partial charge on any atom is 0.0516 e. The van der Waals surface area contributed by atoms with Gasteiger partial charge in [-0.1, -0.05) is 44.8 Å². The molecule has 0 amide bonds. The molecule has 0 aromatic carbocycles. The molecule has 0 N–H and O–H groups in total. The monoisotopic (exact) mass is 208 g/mol. The van der Waals surface area contributed by atoms with Gasteiger partial charge in [-0.2, -0.15) is 0 Å². The fourth-order valence-electron chi connectivity index (χ4n) is 1.06. The molecule has 0 aliphatic rings. The molecule has 0 aliphatic heterocycles. The van der Waals surface area contributed by atoms with Crippen LogP contribution in [0.15, 0.2) is 12.2 Å². The first-order valence-corrected chi connectivity index (χ1v) is 5.65. The number of alkyl halides is 2. The molecule has 0 heterocycles. The van der Waals surface area contributed by atoms with Crippen molar-refractivity contribution in [2.45, 2.75) is 44.4 Å². The number of halogens is 2. The van der Waals surface area contributed by atoms with Gasteiger partial charge in [-0.25, -0.2) is 0 Å². The molecule has 0 nitrogen and oxygen atoms in total. The van der Waals surface area contributed by atoms with Gasteiger partial charge in [-0.15, -0.1) is 23.2 Å². The lowest BCUT2D eigenvalue weighted by Crippen LogP contribution is -1.93. The molecule has 72 valence electrons. The molecule has 2 heteroatoms.